The van der Waals surface area contributed by atoms with Gasteiger partial charge >= 0.3 is 5.97 Å². The van der Waals surface area contributed by atoms with Crippen molar-refractivity contribution in [3.05, 3.63) is 46.0 Å². The number of anilines is 1. The van der Waals surface area contributed by atoms with Gasteiger partial charge in [-0.2, -0.15) is 0 Å². The van der Waals surface area contributed by atoms with Gasteiger partial charge in [0, 0.05) is 12.3 Å². The number of hydrogen-bond acceptors (Lipinski definition) is 4. The first kappa shape index (κ1) is 14.9. The van der Waals surface area contributed by atoms with Crippen molar-refractivity contribution in [2.45, 2.75) is 13.8 Å². The Bertz CT molecular complexity index is 719. The van der Waals surface area contributed by atoms with E-state index in [0.29, 0.717) is 16.3 Å². The third kappa shape index (κ3) is 4.00. The predicted molar refractivity (Wildman–Crippen MR) is 83.5 cm³/mol. The van der Waals surface area contributed by atoms with E-state index >= 15 is 0 Å². The minimum atomic E-state index is -0.928. The van der Waals surface area contributed by atoms with Crippen molar-refractivity contribution in [3.63, 3.8) is 0 Å². The number of carboxylic acid groups (broad SMARTS) is 1. The Morgan fingerprint density at radius 1 is 1.33 bits per heavy atom. The van der Waals surface area contributed by atoms with Crippen LogP contribution < -0.4 is 5.32 Å². The standard InChI is InChI=1S/C15H14N2O3S/c1-9-7-11(4-6-13(9)14(19)20)3-5-12-8-21-15(17-12)16-10(2)18/h3-8H,1-2H3,(H,19,20)(H,16,17,18)/b5-3+. The average molecular weight is 302 g/mol. The number of amides is 1. The Morgan fingerprint density at radius 3 is 2.71 bits per heavy atom. The number of aromatic carboxylic acids is 1. The quantitative estimate of drug-likeness (QED) is 0.908. The van der Waals surface area contributed by atoms with Crippen LogP contribution in [-0.4, -0.2) is 22.0 Å². The fraction of sp³-hybridized carbons (Fsp3) is 0.133. The molecule has 0 atom stereocenters. The van der Waals surface area contributed by atoms with Crippen molar-refractivity contribution < 1.29 is 14.7 Å². The monoisotopic (exact) mass is 302 g/mol. The number of rotatable bonds is 4. The highest BCUT2D eigenvalue weighted by atomic mass is 32.1. The van der Waals surface area contributed by atoms with Gasteiger partial charge in [-0.25, -0.2) is 9.78 Å². The van der Waals surface area contributed by atoms with Gasteiger partial charge in [0.2, 0.25) is 5.91 Å². The normalized spacial score (nSPS) is 10.8. The molecule has 1 heterocycles. The van der Waals surface area contributed by atoms with Crippen LogP contribution in [0.15, 0.2) is 23.6 Å². The van der Waals surface area contributed by atoms with E-state index in [1.165, 1.54) is 18.3 Å². The Hall–Kier alpha value is -2.47. The van der Waals surface area contributed by atoms with Gasteiger partial charge in [0.05, 0.1) is 11.3 Å². The molecule has 0 bridgehead atoms. The minimum Gasteiger partial charge on any atom is -0.478 e. The molecule has 1 amide bonds. The molecule has 5 nitrogen and oxygen atoms in total. The van der Waals surface area contributed by atoms with E-state index in [1.54, 1.807) is 25.1 Å². The van der Waals surface area contributed by atoms with Gasteiger partial charge in [-0.1, -0.05) is 18.2 Å². The lowest BCUT2D eigenvalue weighted by Gasteiger charge is -2.01. The summed E-state index contributed by atoms with van der Waals surface area (Å²) in [5.74, 6) is -1.08. The molecule has 0 saturated heterocycles. The molecule has 2 aromatic rings. The van der Waals surface area contributed by atoms with Crippen LogP contribution in [0.4, 0.5) is 5.13 Å². The third-order valence-corrected chi connectivity index (χ3v) is 3.51. The summed E-state index contributed by atoms with van der Waals surface area (Å²) < 4.78 is 0. The van der Waals surface area contributed by atoms with Crippen molar-refractivity contribution >= 4 is 40.5 Å². The second-order valence-electron chi connectivity index (χ2n) is 4.47. The molecule has 0 fully saturated rings. The molecular formula is C15H14N2O3S. The minimum absolute atomic E-state index is 0.153. The Kier molecular flexibility index (Phi) is 4.49. The molecule has 0 aliphatic heterocycles. The van der Waals surface area contributed by atoms with Gasteiger partial charge in [-0.05, 0) is 30.2 Å². The summed E-state index contributed by atoms with van der Waals surface area (Å²) in [5, 5.41) is 14.0. The van der Waals surface area contributed by atoms with Crippen LogP contribution in [0.5, 0.6) is 0 Å². The molecule has 1 aromatic carbocycles. The third-order valence-electron chi connectivity index (χ3n) is 2.73. The molecule has 0 spiro atoms. The summed E-state index contributed by atoms with van der Waals surface area (Å²) >= 11 is 1.35. The summed E-state index contributed by atoms with van der Waals surface area (Å²) in [6.45, 7) is 3.20. The lowest BCUT2D eigenvalue weighted by atomic mass is 10.0. The van der Waals surface area contributed by atoms with Gasteiger partial charge in [0.15, 0.2) is 5.13 Å². The maximum absolute atomic E-state index is 10.9. The highest BCUT2D eigenvalue weighted by molar-refractivity contribution is 7.14. The zero-order valence-corrected chi connectivity index (χ0v) is 12.4. The van der Waals surface area contributed by atoms with Gasteiger partial charge in [0.25, 0.3) is 0 Å². The van der Waals surface area contributed by atoms with Gasteiger partial charge < -0.3 is 10.4 Å². The number of hydrogen-bond donors (Lipinski definition) is 2. The van der Waals surface area contributed by atoms with E-state index in [4.69, 9.17) is 5.11 Å². The lowest BCUT2D eigenvalue weighted by molar-refractivity contribution is -0.114. The lowest BCUT2D eigenvalue weighted by Crippen LogP contribution is -2.04. The Morgan fingerprint density at radius 2 is 2.10 bits per heavy atom. The van der Waals surface area contributed by atoms with Gasteiger partial charge in [-0.15, -0.1) is 11.3 Å². The molecule has 1 aromatic heterocycles. The van der Waals surface area contributed by atoms with Crippen LogP contribution in [0, 0.1) is 6.92 Å². The molecule has 6 heteroatoms. The SMILES string of the molecule is CC(=O)Nc1nc(/C=C/c2ccc(C(=O)O)c(C)c2)cs1. The second-order valence-corrected chi connectivity index (χ2v) is 5.33. The molecule has 0 saturated carbocycles. The molecule has 0 aliphatic carbocycles. The van der Waals surface area contributed by atoms with Crippen molar-refractivity contribution in [2.75, 3.05) is 5.32 Å². The molecule has 2 N–H and O–H groups in total. The zero-order valence-electron chi connectivity index (χ0n) is 11.6. The number of aryl methyl sites for hydroxylation is 1. The number of carbonyl (C=O) groups is 2. The van der Waals surface area contributed by atoms with Crippen LogP contribution >= 0.6 is 11.3 Å². The Balaban J connectivity index is 2.14. The Labute approximate surface area is 126 Å². The van der Waals surface area contributed by atoms with E-state index < -0.39 is 5.97 Å². The smallest absolute Gasteiger partial charge is 0.335 e. The van der Waals surface area contributed by atoms with E-state index in [2.05, 4.69) is 10.3 Å². The molecule has 0 radical (unpaired) electrons. The van der Waals surface area contributed by atoms with Gasteiger partial charge in [-0.3, -0.25) is 4.79 Å². The molecule has 21 heavy (non-hydrogen) atoms. The maximum atomic E-state index is 10.9. The number of carboxylic acids is 1. The van der Waals surface area contributed by atoms with Gasteiger partial charge in [0.1, 0.15) is 0 Å². The molecular weight excluding hydrogens is 288 g/mol. The van der Waals surface area contributed by atoms with Crippen LogP contribution in [-0.2, 0) is 4.79 Å². The van der Waals surface area contributed by atoms with E-state index in [-0.39, 0.29) is 5.91 Å². The largest absolute Gasteiger partial charge is 0.478 e. The summed E-state index contributed by atoms with van der Waals surface area (Å²) in [6, 6.07) is 5.14. The van der Waals surface area contributed by atoms with Crippen LogP contribution in [0.1, 0.15) is 34.1 Å². The highest BCUT2D eigenvalue weighted by Gasteiger charge is 2.06. The predicted octanol–water partition coefficient (Wildman–Crippen LogP) is 3.28. The fourth-order valence-corrected chi connectivity index (χ4v) is 2.51. The van der Waals surface area contributed by atoms with Crippen LogP contribution in [0.25, 0.3) is 12.2 Å². The van der Waals surface area contributed by atoms with Crippen LogP contribution in [0.3, 0.4) is 0 Å². The summed E-state index contributed by atoms with van der Waals surface area (Å²) in [6.07, 6.45) is 3.67. The molecule has 2 rings (SSSR count). The number of carbonyl (C=O) groups excluding carboxylic acids is 1. The number of thiazole rings is 1. The number of aromatic nitrogens is 1. The summed E-state index contributed by atoms with van der Waals surface area (Å²) in [4.78, 5) is 26.1. The zero-order chi connectivity index (χ0) is 15.4. The first-order valence-corrected chi connectivity index (χ1v) is 7.09. The summed E-state index contributed by atoms with van der Waals surface area (Å²) in [5.41, 5.74) is 2.64. The van der Waals surface area contributed by atoms with E-state index in [9.17, 15) is 9.59 Å². The first-order chi connectivity index (χ1) is 9.95. The second kappa shape index (κ2) is 6.32. The fourth-order valence-electron chi connectivity index (χ4n) is 1.78. The van der Waals surface area contributed by atoms with Crippen molar-refractivity contribution in [2.24, 2.45) is 0 Å². The average Bonchev–Trinajstić information content (AvgIpc) is 2.82. The van der Waals surface area contributed by atoms with Crippen molar-refractivity contribution in [3.8, 4) is 0 Å². The molecule has 0 aliphatic rings. The number of nitrogens with zero attached hydrogens (tertiary/aromatic N) is 1. The van der Waals surface area contributed by atoms with Crippen LogP contribution in [0.2, 0.25) is 0 Å². The van der Waals surface area contributed by atoms with Crippen molar-refractivity contribution in [1.82, 2.24) is 4.98 Å². The molecule has 0 unspecified atom stereocenters. The first-order valence-electron chi connectivity index (χ1n) is 6.21. The number of benzene rings is 1. The highest BCUT2D eigenvalue weighted by Crippen LogP contribution is 2.18. The number of nitrogens with one attached hydrogen (secondary N) is 1. The topological polar surface area (TPSA) is 79.3 Å². The van der Waals surface area contributed by atoms with E-state index in [0.717, 1.165) is 11.3 Å². The maximum Gasteiger partial charge on any atom is 0.335 e. The molecule has 108 valence electrons. The van der Waals surface area contributed by atoms with E-state index in [1.807, 2.05) is 17.5 Å². The summed E-state index contributed by atoms with van der Waals surface area (Å²) in [7, 11) is 0. The van der Waals surface area contributed by atoms with Crippen molar-refractivity contribution in [1.29, 1.82) is 0 Å².